The third-order valence-electron chi connectivity index (χ3n) is 1.50. The van der Waals surface area contributed by atoms with E-state index in [2.05, 4.69) is 17.4 Å². The number of hydrogen-bond donors (Lipinski definition) is 0. The highest BCUT2D eigenvalue weighted by Crippen LogP contribution is 2.08. The van der Waals surface area contributed by atoms with Crippen LogP contribution in [-0.4, -0.2) is 9.55 Å². The minimum atomic E-state index is 0.949. The van der Waals surface area contributed by atoms with Gasteiger partial charge < -0.3 is 4.57 Å². The predicted molar refractivity (Wildman–Crippen MR) is 38.4 cm³/mol. The molecule has 0 unspecified atom stereocenters. The molecule has 0 atom stereocenters. The van der Waals surface area contributed by atoms with Crippen LogP contribution >= 0.6 is 0 Å². The second-order valence-corrected chi connectivity index (χ2v) is 2.19. The van der Waals surface area contributed by atoms with E-state index >= 15 is 0 Å². The minimum Gasteiger partial charge on any atom is -0.324 e. The van der Waals surface area contributed by atoms with Gasteiger partial charge in [-0.25, -0.2) is 4.98 Å². The molecule has 2 rings (SSSR count). The van der Waals surface area contributed by atoms with Gasteiger partial charge in [0.15, 0.2) is 6.33 Å². The van der Waals surface area contributed by atoms with E-state index in [1.165, 1.54) is 0 Å². The van der Waals surface area contributed by atoms with Gasteiger partial charge in [0, 0.05) is 7.05 Å². The summed E-state index contributed by atoms with van der Waals surface area (Å²) >= 11 is 0. The van der Waals surface area contributed by atoms with Crippen molar-refractivity contribution in [2.45, 2.75) is 0 Å². The van der Waals surface area contributed by atoms with E-state index in [4.69, 9.17) is 0 Å². The molecule has 1 aromatic carbocycles. The van der Waals surface area contributed by atoms with Gasteiger partial charge in [0.25, 0.3) is 0 Å². The predicted octanol–water partition coefficient (Wildman–Crippen LogP) is 1.17. The van der Waals surface area contributed by atoms with Crippen LogP contribution in [0.5, 0.6) is 0 Å². The van der Waals surface area contributed by atoms with Crippen LogP contribution in [0.4, 0.5) is 0 Å². The Kier molecular flexibility index (Phi) is 1.01. The van der Waals surface area contributed by atoms with Crippen molar-refractivity contribution in [3.8, 4) is 0 Å². The standard InChI is InChI=1S/C8H6N2/c1-10-6-9-7-4-2-3-5-8(7)10/h3-5H,1H3. The van der Waals surface area contributed by atoms with Gasteiger partial charge in [-0.15, -0.1) is 0 Å². The SMILES string of the molecule is Cn1[c]nc2c[c]ccc21. The molecule has 48 valence electrons. The van der Waals surface area contributed by atoms with Crippen LogP contribution in [0.25, 0.3) is 11.0 Å². The van der Waals surface area contributed by atoms with Crippen molar-refractivity contribution in [3.05, 3.63) is 30.6 Å². The molecule has 1 heterocycles. The summed E-state index contributed by atoms with van der Waals surface area (Å²) < 4.78 is 1.86. The summed E-state index contributed by atoms with van der Waals surface area (Å²) in [5.41, 5.74) is 2.05. The van der Waals surface area contributed by atoms with E-state index in [1.807, 2.05) is 29.8 Å². The molecule has 2 heteroatoms. The number of hydrogen-bond acceptors (Lipinski definition) is 1. The van der Waals surface area contributed by atoms with Gasteiger partial charge in [-0.2, -0.15) is 0 Å². The van der Waals surface area contributed by atoms with Crippen LogP contribution in [0, 0.1) is 12.4 Å². The molecule has 2 aromatic rings. The number of imidazole rings is 1. The maximum Gasteiger partial charge on any atom is 0.177 e. The molecule has 0 amide bonds. The highest BCUT2D eigenvalue weighted by molar-refractivity contribution is 5.74. The van der Waals surface area contributed by atoms with Crippen LogP contribution in [0.3, 0.4) is 0 Å². The number of aromatic nitrogens is 2. The van der Waals surface area contributed by atoms with E-state index in [0.717, 1.165) is 11.0 Å². The first-order valence-corrected chi connectivity index (χ1v) is 3.08. The van der Waals surface area contributed by atoms with E-state index in [9.17, 15) is 0 Å². The Hall–Kier alpha value is -1.31. The summed E-state index contributed by atoms with van der Waals surface area (Å²) in [5, 5.41) is 0. The highest BCUT2D eigenvalue weighted by atomic mass is 15.0. The second-order valence-electron chi connectivity index (χ2n) is 2.19. The van der Waals surface area contributed by atoms with Crippen molar-refractivity contribution >= 4 is 11.0 Å². The molecule has 2 radical (unpaired) electrons. The monoisotopic (exact) mass is 130 g/mol. The Balaban J connectivity index is 2.93. The largest absolute Gasteiger partial charge is 0.324 e. The maximum atomic E-state index is 4.02. The first kappa shape index (κ1) is 5.47. The maximum absolute atomic E-state index is 4.02. The first-order chi connectivity index (χ1) is 4.88. The van der Waals surface area contributed by atoms with Gasteiger partial charge in [-0.3, -0.25) is 0 Å². The lowest BCUT2D eigenvalue weighted by atomic mass is 10.3. The molecule has 10 heavy (non-hydrogen) atoms. The van der Waals surface area contributed by atoms with E-state index < -0.39 is 0 Å². The zero-order chi connectivity index (χ0) is 6.97. The Bertz CT molecular complexity index is 349. The fourth-order valence-electron chi connectivity index (χ4n) is 0.969. The van der Waals surface area contributed by atoms with Gasteiger partial charge in [-0.1, -0.05) is 6.07 Å². The van der Waals surface area contributed by atoms with Crippen LogP contribution < -0.4 is 0 Å². The molecule has 0 spiro atoms. The van der Waals surface area contributed by atoms with Crippen molar-refractivity contribution in [3.63, 3.8) is 0 Å². The summed E-state index contributed by atoms with van der Waals surface area (Å²) in [6.45, 7) is 0. The molecule has 0 fully saturated rings. The van der Waals surface area contributed by atoms with Gasteiger partial charge in [0.1, 0.15) is 0 Å². The van der Waals surface area contributed by atoms with Gasteiger partial charge in [0.2, 0.25) is 0 Å². The summed E-state index contributed by atoms with van der Waals surface area (Å²) in [6, 6.07) is 8.65. The first-order valence-electron chi connectivity index (χ1n) is 3.08. The fraction of sp³-hybridized carbons (Fsp3) is 0.125. The Morgan fingerprint density at radius 2 is 2.50 bits per heavy atom. The quantitative estimate of drug-likeness (QED) is 0.523. The smallest absolute Gasteiger partial charge is 0.177 e. The molecule has 2 nitrogen and oxygen atoms in total. The number of benzene rings is 1. The average molecular weight is 130 g/mol. The molecule has 0 aliphatic rings. The molecule has 0 saturated heterocycles. The molecule has 0 aliphatic carbocycles. The van der Waals surface area contributed by atoms with Gasteiger partial charge in [-0.05, 0) is 18.2 Å². The molecule has 0 aliphatic heterocycles. The van der Waals surface area contributed by atoms with Crippen LogP contribution in [0.1, 0.15) is 0 Å². The van der Waals surface area contributed by atoms with Crippen LogP contribution in [-0.2, 0) is 7.05 Å². The lowest BCUT2D eigenvalue weighted by Crippen LogP contribution is -1.82. The lowest BCUT2D eigenvalue weighted by molar-refractivity contribution is 0.936. The third kappa shape index (κ3) is 0.620. The van der Waals surface area contributed by atoms with Crippen molar-refractivity contribution in [1.29, 1.82) is 0 Å². The molecule has 0 bridgehead atoms. The van der Waals surface area contributed by atoms with Crippen LogP contribution in [0.15, 0.2) is 18.2 Å². The number of fused-ring (bicyclic) bond motifs is 1. The summed E-state index contributed by atoms with van der Waals surface area (Å²) in [6.07, 6.45) is 2.82. The third-order valence-corrected chi connectivity index (χ3v) is 1.50. The Morgan fingerprint density at radius 3 is 3.30 bits per heavy atom. The van der Waals surface area contributed by atoms with Gasteiger partial charge in [0.05, 0.1) is 11.0 Å². The van der Waals surface area contributed by atoms with Crippen molar-refractivity contribution in [2.24, 2.45) is 7.05 Å². The van der Waals surface area contributed by atoms with Crippen molar-refractivity contribution in [1.82, 2.24) is 9.55 Å². The van der Waals surface area contributed by atoms with Crippen molar-refractivity contribution < 1.29 is 0 Å². The Labute approximate surface area is 59.1 Å². The summed E-state index contributed by atoms with van der Waals surface area (Å²) in [7, 11) is 1.93. The van der Waals surface area contributed by atoms with E-state index in [0.29, 0.717) is 0 Å². The normalized spacial score (nSPS) is 10.5. The van der Waals surface area contributed by atoms with E-state index in [-0.39, 0.29) is 0 Å². The second kappa shape index (κ2) is 1.84. The number of aryl methyl sites for hydroxylation is 1. The molecular formula is C8H6N2. The van der Waals surface area contributed by atoms with Crippen LogP contribution in [0.2, 0.25) is 0 Å². The zero-order valence-electron chi connectivity index (χ0n) is 5.63. The number of rotatable bonds is 0. The highest BCUT2D eigenvalue weighted by Gasteiger charge is 1.95. The molecular weight excluding hydrogens is 124 g/mol. The molecule has 1 aromatic heterocycles. The molecule has 0 saturated carbocycles. The fourth-order valence-corrected chi connectivity index (χ4v) is 0.969. The summed E-state index contributed by atoms with van der Waals surface area (Å²) in [4.78, 5) is 4.02. The Morgan fingerprint density at radius 1 is 1.60 bits per heavy atom. The van der Waals surface area contributed by atoms with Crippen molar-refractivity contribution in [2.75, 3.05) is 0 Å². The lowest BCUT2D eigenvalue weighted by Gasteiger charge is -1.89. The van der Waals surface area contributed by atoms with E-state index in [1.54, 1.807) is 0 Å². The minimum absolute atomic E-state index is 0.949. The zero-order valence-corrected chi connectivity index (χ0v) is 5.63. The molecule has 0 N–H and O–H groups in total. The average Bonchev–Trinajstić information content (AvgIpc) is 2.34. The summed E-state index contributed by atoms with van der Waals surface area (Å²) in [5.74, 6) is 0. The van der Waals surface area contributed by atoms with Gasteiger partial charge >= 0.3 is 0 Å². The topological polar surface area (TPSA) is 17.8 Å². The number of nitrogens with zero attached hydrogens (tertiary/aromatic N) is 2.